The van der Waals surface area contributed by atoms with Crippen LogP contribution in [0.5, 0.6) is 0 Å². The number of nitrogens with one attached hydrogen (secondary N) is 1. The van der Waals surface area contributed by atoms with E-state index in [9.17, 15) is 9.50 Å². The summed E-state index contributed by atoms with van der Waals surface area (Å²) in [5, 5.41) is 21.8. The van der Waals surface area contributed by atoms with Crippen LogP contribution >= 0.6 is 11.8 Å². The van der Waals surface area contributed by atoms with Gasteiger partial charge in [0.15, 0.2) is 11.3 Å². The fourth-order valence-electron chi connectivity index (χ4n) is 1.71. The van der Waals surface area contributed by atoms with Gasteiger partial charge in [-0.05, 0) is 0 Å². The Balaban J connectivity index is 2.13. The highest BCUT2D eigenvalue weighted by Gasteiger charge is 2.49. The number of thioether (sulfide) groups is 1. The number of aliphatic imine (C=N–C) groups is 1. The first-order valence-corrected chi connectivity index (χ1v) is 5.53. The van der Waals surface area contributed by atoms with Crippen molar-refractivity contribution in [3.63, 3.8) is 0 Å². The molecule has 0 aromatic carbocycles. The van der Waals surface area contributed by atoms with E-state index in [-0.39, 0.29) is 6.61 Å². The molecule has 2 aliphatic rings. The Bertz CT molecular complexity index is 279. The number of aliphatic hydroxyl groups excluding tert-OH is 2. The summed E-state index contributed by atoms with van der Waals surface area (Å²) in [6.07, 6.45) is -3.60. The lowest BCUT2D eigenvalue weighted by molar-refractivity contribution is -0.147. The van der Waals surface area contributed by atoms with Gasteiger partial charge in [-0.25, -0.2) is 4.39 Å². The van der Waals surface area contributed by atoms with Crippen molar-refractivity contribution >= 4 is 16.9 Å². The van der Waals surface area contributed by atoms with Crippen LogP contribution in [-0.2, 0) is 4.74 Å². The lowest BCUT2D eigenvalue weighted by atomic mass is 10.00. The van der Waals surface area contributed by atoms with Crippen LogP contribution in [-0.4, -0.2) is 58.9 Å². The quantitative estimate of drug-likeness (QED) is 0.550. The van der Waals surface area contributed by atoms with E-state index in [2.05, 4.69) is 10.3 Å². The molecule has 3 N–H and O–H groups in total. The third-order valence-electron chi connectivity index (χ3n) is 2.55. The molecule has 2 rings (SSSR count). The molecular formula is C8H13FN2O3S. The van der Waals surface area contributed by atoms with Crippen molar-refractivity contribution in [2.45, 2.75) is 29.9 Å². The second kappa shape index (κ2) is 4.25. The number of fused-ring (bicyclic) bond motifs is 1. The van der Waals surface area contributed by atoms with Crippen LogP contribution in [0.1, 0.15) is 0 Å². The Morgan fingerprint density at radius 1 is 1.67 bits per heavy atom. The van der Waals surface area contributed by atoms with Gasteiger partial charge in [-0.2, -0.15) is 0 Å². The second-order valence-corrected chi connectivity index (χ2v) is 4.56. The highest BCUT2D eigenvalue weighted by molar-refractivity contribution is 8.14. The fourth-order valence-corrected chi connectivity index (χ4v) is 2.80. The van der Waals surface area contributed by atoms with Crippen LogP contribution in [0, 0.1) is 0 Å². The van der Waals surface area contributed by atoms with E-state index in [1.807, 2.05) is 0 Å². The standard InChI is InChI=1S/C8H13FN2O3S/c1-10-8-11-5-4(9)6(13)3(2-12)14-7(5)15-8/h3-7,12-13H,2H2,1H3,(H,10,11). The van der Waals surface area contributed by atoms with Crippen LogP contribution < -0.4 is 5.32 Å². The third kappa shape index (κ3) is 1.84. The normalized spacial score (nSPS) is 47.7. The van der Waals surface area contributed by atoms with Crippen LogP contribution in [0.15, 0.2) is 4.99 Å². The molecule has 7 heteroatoms. The van der Waals surface area contributed by atoms with E-state index in [1.165, 1.54) is 11.8 Å². The molecule has 5 unspecified atom stereocenters. The van der Waals surface area contributed by atoms with Gasteiger partial charge in [-0.15, -0.1) is 0 Å². The topological polar surface area (TPSA) is 74.1 Å². The van der Waals surface area contributed by atoms with Gasteiger partial charge >= 0.3 is 0 Å². The summed E-state index contributed by atoms with van der Waals surface area (Å²) in [6, 6.07) is -0.591. The van der Waals surface area contributed by atoms with Crippen molar-refractivity contribution in [3.8, 4) is 0 Å². The minimum absolute atomic E-state index is 0.385. The molecular weight excluding hydrogens is 223 g/mol. The zero-order valence-corrected chi connectivity index (χ0v) is 8.95. The highest BCUT2D eigenvalue weighted by Crippen LogP contribution is 2.34. The molecule has 0 spiro atoms. The summed E-state index contributed by atoms with van der Waals surface area (Å²) in [6.45, 7) is -0.385. The van der Waals surface area contributed by atoms with E-state index in [0.717, 1.165) is 0 Å². The van der Waals surface area contributed by atoms with Gasteiger partial charge in [0.2, 0.25) is 0 Å². The van der Waals surface area contributed by atoms with E-state index in [0.29, 0.717) is 5.17 Å². The molecule has 2 saturated heterocycles. The van der Waals surface area contributed by atoms with Gasteiger partial charge in [0.25, 0.3) is 0 Å². The number of hydrogen-bond acceptors (Lipinski definition) is 5. The fraction of sp³-hybridized carbons (Fsp3) is 0.875. The average molecular weight is 236 g/mol. The molecule has 2 fully saturated rings. The molecule has 2 heterocycles. The average Bonchev–Trinajstić information content (AvgIpc) is 2.66. The summed E-state index contributed by atoms with van der Waals surface area (Å²) >= 11 is 1.27. The van der Waals surface area contributed by atoms with E-state index >= 15 is 0 Å². The Morgan fingerprint density at radius 2 is 2.40 bits per heavy atom. The molecule has 0 bridgehead atoms. The first-order valence-electron chi connectivity index (χ1n) is 4.65. The van der Waals surface area contributed by atoms with E-state index in [1.54, 1.807) is 7.05 Å². The highest BCUT2D eigenvalue weighted by atomic mass is 32.2. The van der Waals surface area contributed by atoms with Gasteiger partial charge in [0.05, 0.1) is 12.6 Å². The van der Waals surface area contributed by atoms with Crippen molar-refractivity contribution in [1.29, 1.82) is 0 Å². The Morgan fingerprint density at radius 3 is 3.00 bits per heavy atom. The summed E-state index contributed by atoms with van der Waals surface area (Å²) in [4.78, 5) is 3.90. The lowest BCUT2D eigenvalue weighted by Gasteiger charge is -2.36. The maximum Gasteiger partial charge on any atom is 0.159 e. The van der Waals surface area contributed by atoms with Crippen LogP contribution in [0.2, 0.25) is 0 Å². The van der Waals surface area contributed by atoms with Gasteiger partial charge in [-0.3, -0.25) is 4.99 Å². The Hall–Kier alpha value is -0.370. The van der Waals surface area contributed by atoms with Crippen LogP contribution in [0.25, 0.3) is 0 Å². The number of amidine groups is 1. The van der Waals surface area contributed by atoms with Crippen LogP contribution in [0.3, 0.4) is 0 Å². The molecule has 0 radical (unpaired) electrons. The van der Waals surface area contributed by atoms with Crippen molar-refractivity contribution in [2.75, 3.05) is 13.7 Å². The zero-order valence-electron chi connectivity index (χ0n) is 8.13. The number of rotatable bonds is 1. The van der Waals surface area contributed by atoms with E-state index < -0.39 is 29.9 Å². The minimum Gasteiger partial charge on any atom is -0.394 e. The largest absolute Gasteiger partial charge is 0.394 e. The monoisotopic (exact) mass is 236 g/mol. The number of halogens is 1. The molecule has 5 atom stereocenters. The summed E-state index contributed by atoms with van der Waals surface area (Å²) in [5.74, 6) is 0. The molecule has 5 nitrogen and oxygen atoms in total. The number of alkyl halides is 1. The molecule has 15 heavy (non-hydrogen) atoms. The molecule has 0 aliphatic carbocycles. The van der Waals surface area contributed by atoms with E-state index in [4.69, 9.17) is 9.84 Å². The molecule has 86 valence electrons. The lowest BCUT2D eigenvalue weighted by Crippen LogP contribution is -2.57. The van der Waals surface area contributed by atoms with Gasteiger partial charge in [0, 0.05) is 7.05 Å². The van der Waals surface area contributed by atoms with Crippen molar-refractivity contribution in [3.05, 3.63) is 0 Å². The van der Waals surface area contributed by atoms with Gasteiger partial charge < -0.3 is 20.3 Å². The molecule has 2 aliphatic heterocycles. The number of aliphatic hydroxyl groups is 2. The SMILES string of the molecule is CN=C1NC2C(OC(CO)C(O)C2F)S1. The number of ether oxygens (including phenoxy) is 1. The van der Waals surface area contributed by atoms with Crippen molar-refractivity contribution < 1.29 is 19.3 Å². The first kappa shape index (κ1) is 11.1. The Labute approximate surface area is 90.7 Å². The molecule has 0 amide bonds. The Kier molecular flexibility index (Phi) is 3.15. The van der Waals surface area contributed by atoms with Crippen LogP contribution in [0.4, 0.5) is 4.39 Å². The minimum atomic E-state index is -1.45. The maximum atomic E-state index is 13.7. The predicted molar refractivity (Wildman–Crippen MR) is 54.5 cm³/mol. The first-order chi connectivity index (χ1) is 7.17. The number of nitrogens with zero attached hydrogens (tertiary/aromatic N) is 1. The molecule has 0 saturated carbocycles. The molecule has 0 aromatic rings. The number of hydrogen-bond donors (Lipinski definition) is 3. The zero-order chi connectivity index (χ0) is 11.0. The second-order valence-electron chi connectivity index (χ2n) is 3.48. The van der Waals surface area contributed by atoms with Gasteiger partial charge in [-0.1, -0.05) is 11.8 Å². The van der Waals surface area contributed by atoms with Crippen molar-refractivity contribution in [1.82, 2.24) is 5.32 Å². The maximum absolute atomic E-state index is 13.7. The summed E-state index contributed by atoms with van der Waals surface area (Å²) in [7, 11) is 1.60. The predicted octanol–water partition coefficient (Wildman–Crippen LogP) is -0.907. The summed E-state index contributed by atoms with van der Waals surface area (Å²) in [5.41, 5.74) is -0.431. The summed E-state index contributed by atoms with van der Waals surface area (Å²) < 4.78 is 19.1. The van der Waals surface area contributed by atoms with Gasteiger partial charge in [0.1, 0.15) is 17.6 Å². The molecule has 0 aromatic heterocycles. The third-order valence-corrected chi connectivity index (χ3v) is 3.71. The smallest absolute Gasteiger partial charge is 0.159 e. The van der Waals surface area contributed by atoms with Crippen molar-refractivity contribution in [2.24, 2.45) is 4.99 Å².